The second-order valence-corrected chi connectivity index (χ2v) is 5.98. The predicted octanol–water partition coefficient (Wildman–Crippen LogP) is 1.66. The molecule has 21 heavy (non-hydrogen) atoms. The zero-order valence-electron chi connectivity index (χ0n) is 13.4. The summed E-state index contributed by atoms with van der Waals surface area (Å²) in [7, 11) is 0. The molecular formula is C15H26N2O4. The maximum Gasteiger partial charge on any atom is 0.410 e. The lowest BCUT2D eigenvalue weighted by Gasteiger charge is -2.35. The number of carbonyl (C=O) groups is 2. The number of rotatable bonds is 4. The van der Waals surface area contributed by atoms with Gasteiger partial charge in [-0.25, -0.2) is 9.59 Å². The highest BCUT2D eigenvalue weighted by Gasteiger charge is 2.25. The third-order valence-electron chi connectivity index (χ3n) is 2.98. The van der Waals surface area contributed by atoms with Crippen LogP contribution in [0.15, 0.2) is 12.2 Å². The first-order valence-corrected chi connectivity index (χ1v) is 7.31. The third kappa shape index (κ3) is 7.13. The summed E-state index contributed by atoms with van der Waals surface area (Å²) >= 11 is 0. The fourth-order valence-electron chi connectivity index (χ4n) is 1.94. The van der Waals surface area contributed by atoms with E-state index in [0.717, 1.165) is 13.1 Å². The van der Waals surface area contributed by atoms with Gasteiger partial charge in [0, 0.05) is 38.8 Å². The Morgan fingerprint density at radius 1 is 1.14 bits per heavy atom. The lowest BCUT2D eigenvalue weighted by molar-refractivity contribution is -0.138. The Hall–Kier alpha value is -1.56. The van der Waals surface area contributed by atoms with Crippen LogP contribution in [0, 0.1) is 0 Å². The van der Waals surface area contributed by atoms with E-state index in [-0.39, 0.29) is 12.1 Å². The fraction of sp³-hybridized carbons (Fsp3) is 0.733. The molecule has 0 saturated carbocycles. The van der Waals surface area contributed by atoms with E-state index in [9.17, 15) is 9.59 Å². The molecule has 0 spiro atoms. The van der Waals surface area contributed by atoms with Gasteiger partial charge in [0.05, 0.1) is 0 Å². The molecule has 0 unspecified atom stereocenters. The molecule has 1 rings (SSSR count). The molecule has 1 heterocycles. The Balaban J connectivity index is 2.23. The molecule has 120 valence electrons. The van der Waals surface area contributed by atoms with Crippen LogP contribution in [-0.2, 0) is 14.3 Å². The van der Waals surface area contributed by atoms with Crippen LogP contribution in [-0.4, -0.2) is 66.8 Å². The van der Waals surface area contributed by atoms with Crippen molar-refractivity contribution in [2.24, 2.45) is 0 Å². The molecule has 1 fully saturated rings. The lowest BCUT2D eigenvalue weighted by atomic mass is 10.2. The van der Waals surface area contributed by atoms with E-state index in [1.807, 2.05) is 20.8 Å². The average Bonchev–Trinajstić information content (AvgIpc) is 2.38. The summed E-state index contributed by atoms with van der Waals surface area (Å²) in [5.74, 6) is -0.315. The average molecular weight is 298 g/mol. The number of hydrogen-bond donors (Lipinski definition) is 0. The quantitative estimate of drug-likeness (QED) is 0.583. The van der Waals surface area contributed by atoms with Gasteiger partial charge in [-0.15, -0.1) is 0 Å². The molecule has 0 aliphatic carbocycles. The van der Waals surface area contributed by atoms with E-state index >= 15 is 0 Å². The summed E-state index contributed by atoms with van der Waals surface area (Å²) in [5.41, 5.74) is -0.463. The second-order valence-electron chi connectivity index (χ2n) is 5.98. The number of nitrogens with zero attached hydrogens (tertiary/aromatic N) is 2. The largest absolute Gasteiger partial charge is 0.461 e. The van der Waals surface area contributed by atoms with Crippen molar-refractivity contribution in [1.29, 1.82) is 0 Å². The number of hydrogen-bond acceptors (Lipinski definition) is 5. The van der Waals surface area contributed by atoms with Crippen molar-refractivity contribution in [3.8, 4) is 0 Å². The Morgan fingerprint density at radius 2 is 1.76 bits per heavy atom. The van der Waals surface area contributed by atoms with Crippen LogP contribution >= 0.6 is 0 Å². The van der Waals surface area contributed by atoms with Gasteiger partial charge in [0.15, 0.2) is 0 Å². The topological polar surface area (TPSA) is 59.1 Å². The minimum absolute atomic E-state index is 0.262. The van der Waals surface area contributed by atoms with Crippen LogP contribution in [0.25, 0.3) is 0 Å². The van der Waals surface area contributed by atoms with Crippen LogP contribution in [0.4, 0.5) is 4.79 Å². The normalized spacial score (nSPS) is 17.0. The molecular weight excluding hydrogens is 272 g/mol. The highest BCUT2D eigenvalue weighted by molar-refractivity contribution is 5.81. The minimum Gasteiger partial charge on any atom is -0.461 e. The van der Waals surface area contributed by atoms with Gasteiger partial charge in [-0.05, 0) is 27.7 Å². The van der Waals surface area contributed by atoms with E-state index in [4.69, 9.17) is 9.47 Å². The molecule has 0 radical (unpaired) electrons. The number of ether oxygens (including phenoxy) is 2. The first kappa shape index (κ1) is 17.5. The Labute approximate surface area is 126 Å². The molecule has 6 heteroatoms. The summed E-state index contributed by atoms with van der Waals surface area (Å²) < 4.78 is 10.4. The van der Waals surface area contributed by atoms with Gasteiger partial charge < -0.3 is 14.4 Å². The van der Waals surface area contributed by atoms with Crippen molar-refractivity contribution in [2.75, 3.05) is 39.3 Å². The maximum atomic E-state index is 11.9. The van der Waals surface area contributed by atoms with E-state index in [1.165, 1.54) is 6.08 Å². The van der Waals surface area contributed by atoms with Crippen molar-refractivity contribution in [2.45, 2.75) is 33.3 Å². The van der Waals surface area contributed by atoms with E-state index in [2.05, 4.69) is 4.90 Å². The number of allylic oxidation sites excluding steroid dienone is 1. The van der Waals surface area contributed by atoms with E-state index < -0.39 is 5.60 Å². The second kappa shape index (κ2) is 8.02. The van der Waals surface area contributed by atoms with Gasteiger partial charge in [-0.2, -0.15) is 0 Å². The van der Waals surface area contributed by atoms with Crippen molar-refractivity contribution in [3.63, 3.8) is 0 Å². The molecule has 1 saturated heterocycles. The van der Waals surface area contributed by atoms with E-state index in [1.54, 1.807) is 17.9 Å². The van der Waals surface area contributed by atoms with Gasteiger partial charge in [-0.3, -0.25) is 4.90 Å². The molecule has 1 aliphatic heterocycles. The Bertz CT molecular complexity index is 380. The standard InChI is InChI=1S/C15H26N2O4/c1-5-6-13(18)20-12-11-16-7-9-17(10-8-16)14(19)21-15(2,3)4/h5-6H,7-12H2,1-4H3/b6-5+. The first-order chi connectivity index (χ1) is 9.81. The molecule has 0 aromatic heterocycles. The van der Waals surface area contributed by atoms with Gasteiger partial charge in [-0.1, -0.05) is 6.08 Å². The molecule has 0 N–H and O–H groups in total. The van der Waals surface area contributed by atoms with Crippen molar-refractivity contribution in [3.05, 3.63) is 12.2 Å². The van der Waals surface area contributed by atoms with E-state index in [0.29, 0.717) is 26.2 Å². The zero-order valence-corrected chi connectivity index (χ0v) is 13.4. The van der Waals surface area contributed by atoms with Crippen molar-refractivity contribution >= 4 is 12.1 Å². The smallest absolute Gasteiger partial charge is 0.410 e. The van der Waals surface area contributed by atoms with Crippen molar-refractivity contribution < 1.29 is 19.1 Å². The molecule has 1 amide bonds. The molecule has 0 aromatic carbocycles. The zero-order chi connectivity index (χ0) is 15.9. The van der Waals surface area contributed by atoms with Gasteiger partial charge in [0.2, 0.25) is 0 Å². The Kier molecular flexibility index (Phi) is 6.68. The lowest BCUT2D eigenvalue weighted by Crippen LogP contribution is -2.50. The van der Waals surface area contributed by atoms with Gasteiger partial charge in [0.25, 0.3) is 0 Å². The van der Waals surface area contributed by atoms with Crippen molar-refractivity contribution in [1.82, 2.24) is 9.80 Å². The SMILES string of the molecule is C/C=C/C(=O)OCCN1CCN(C(=O)OC(C)(C)C)CC1. The molecule has 6 nitrogen and oxygen atoms in total. The summed E-state index contributed by atoms with van der Waals surface area (Å²) in [5, 5.41) is 0. The predicted molar refractivity (Wildman–Crippen MR) is 80.0 cm³/mol. The summed E-state index contributed by atoms with van der Waals surface area (Å²) in [6.45, 7) is 11.2. The summed E-state index contributed by atoms with van der Waals surface area (Å²) in [6.07, 6.45) is 2.80. The number of carbonyl (C=O) groups excluding carboxylic acids is 2. The number of piperazine rings is 1. The fourth-order valence-corrected chi connectivity index (χ4v) is 1.94. The summed E-state index contributed by atoms with van der Waals surface area (Å²) in [4.78, 5) is 27.0. The molecule has 0 bridgehead atoms. The van der Waals surface area contributed by atoms with Crippen LogP contribution in [0.2, 0.25) is 0 Å². The van der Waals surface area contributed by atoms with Gasteiger partial charge in [0.1, 0.15) is 12.2 Å². The molecule has 0 atom stereocenters. The molecule has 1 aliphatic rings. The third-order valence-corrected chi connectivity index (χ3v) is 2.98. The van der Waals surface area contributed by atoms with Gasteiger partial charge >= 0.3 is 12.1 Å². The maximum absolute atomic E-state index is 11.9. The van der Waals surface area contributed by atoms with Crippen LogP contribution in [0.3, 0.4) is 0 Å². The van der Waals surface area contributed by atoms with Crippen LogP contribution in [0.5, 0.6) is 0 Å². The monoisotopic (exact) mass is 298 g/mol. The van der Waals surface area contributed by atoms with Crippen LogP contribution < -0.4 is 0 Å². The summed E-state index contributed by atoms with van der Waals surface area (Å²) in [6, 6.07) is 0. The number of esters is 1. The Morgan fingerprint density at radius 3 is 2.29 bits per heavy atom. The highest BCUT2D eigenvalue weighted by atomic mass is 16.6. The molecule has 0 aromatic rings. The van der Waals surface area contributed by atoms with Crippen LogP contribution in [0.1, 0.15) is 27.7 Å². The highest BCUT2D eigenvalue weighted by Crippen LogP contribution is 2.11. The number of amides is 1. The first-order valence-electron chi connectivity index (χ1n) is 7.31. The minimum atomic E-state index is -0.463.